The van der Waals surface area contributed by atoms with Gasteiger partial charge in [0.2, 0.25) is 5.91 Å². The van der Waals surface area contributed by atoms with E-state index >= 15 is 0 Å². The Morgan fingerprint density at radius 2 is 1.73 bits per heavy atom. The van der Waals surface area contributed by atoms with Crippen molar-refractivity contribution in [1.29, 1.82) is 0 Å². The number of anilines is 2. The Balaban J connectivity index is 1.64. The predicted octanol–water partition coefficient (Wildman–Crippen LogP) is 4.51. The van der Waals surface area contributed by atoms with E-state index in [0.717, 1.165) is 29.8 Å². The normalized spacial score (nSPS) is 12.9. The Kier molecular flexibility index (Phi) is 7.05. The SMILES string of the molecule is Cc1c(NC(=O)C2CC2)cccc1NC(=S)NC(=O)c1ccccc1OCC(C)C. The lowest BCUT2D eigenvalue weighted by atomic mass is 10.1. The molecule has 0 radical (unpaired) electrons. The number of hydrogen-bond acceptors (Lipinski definition) is 4. The third-order valence-electron chi connectivity index (χ3n) is 4.72. The molecule has 158 valence electrons. The van der Waals surface area contributed by atoms with Crippen LogP contribution in [0.25, 0.3) is 0 Å². The topological polar surface area (TPSA) is 79.5 Å². The number of para-hydroxylation sites is 1. The second kappa shape index (κ2) is 9.71. The van der Waals surface area contributed by atoms with Gasteiger partial charge in [-0.15, -0.1) is 0 Å². The molecule has 0 aliphatic heterocycles. The van der Waals surface area contributed by atoms with Gasteiger partial charge in [-0.05, 0) is 67.7 Å². The van der Waals surface area contributed by atoms with Crippen molar-refractivity contribution in [3.05, 3.63) is 53.6 Å². The van der Waals surface area contributed by atoms with Crippen LogP contribution in [0.5, 0.6) is 5.75 Å². The molecule has 0 unspecified atom stereocenters. The van der Waals surface area contributed by atoms with E-state index in [1.807, 2.05) is 45.0 Å². The zero-order valence-corrected chi connectivity index (χ0v) is 18.3. The molecule has 2 aromatic carbocycles. The molecule has 7 heteroatoms. The molecule has 30 heavy (non-hydrogen) atoms. The van der Waals surface area contributed by atoms with Gasteiger partial charge in [0.05, 0.1) is 12.2 Å². The van der Waals surface area contributed by atoms with Crippen LogP contribution in [0.2, 0.25) is 0 Å². The van der Waals surface area contributed by atoms with E-state index in [0.29, 0.717) is 23.8 Å². The highest BCUT2D eigenvalue weighted by molar-refractivity contribution is 7.80. The molecule has 3 rings (SSSR count). The minimum absolute atomic E-state index is 0.0455. The lowest BCUT2D eigenvalue weighted by Gasteiger charge is -2.16. The predicted molar refractivity (Wildman–Crippen MR) is 123 cm³/mol. The lowest BCUT2D eigenvalue weighted by molar-refractivity contribution is -0.117. The number of benzene rings is 2. The summed E-state index contributed by atoms with van der Waals surface area (Å²) in [5, 5.41) is 8.88. The Labute approximate surface area is 182 Å². The van der Waals surface area contributed by atoms with Crippen molar-refractivity contribution in [2.45, 2.75) is 33.6 Å². The Hall–Kier alpha value is -2.93. The van der Waals surface area contributed by atoms with Gasteiger partial charge in [-0.2, -0.15) is 0 Å². The van der Waals surface area contributed by atoms with Crippen LogP contribution in [0.4, 0.5) is 11.4 Å². The fourth-order valence-corrected chi connectivity index (χ4v) is 3.05. The zero-order chi connectivity index (χ0) is 21.7. The summed E-state index contributed by atoms with van der Waals surface area (Å²) in [6, 6.07) is 12.6. The van der Waals surface area contributed by atoms with Crippen molar-refractivity contribution in [3.8, 4) is 5.75 Å². The first-order valence-electron chi connectivity index (χ1n) is 10.1. The van der Waals surface area contributed by atoms with E-state index in [-0.39, 0.29) is 22.8 Å². The number of amides is 2. The number of carbonyl (C=O) groups excluding carboxylic acids is 2. The van der Waals surface area contributed by atoms with Crippen LogP contribution >= 0.6 is 12.2 Å². The maximum Gasteiger partial charge on any atom is 0.261 e. The van der Waals surface area contributed by atoms with Gasteiger partial charge in [-0.25, -0.2) is 0 Å². The molecule has 2 amide bonds. The molecular formula is C23H27N3O3S. The molecule has 0 aromatic heterocycles. The summed E-state index contributed by atoms with van der Waals surface area (Å²) in [5.41, 5.74) is 2.73. The summed E-state index contributed by atoms with van der Waals surface area (Å²) < 4.78 is 5.75. The average molecular weight is 426 g/mol. The number of carbonyl (C=O) groups is 2. The minimum atomic E-state index is -0.345. The molecule has 1 saturated carbocycles. The fraction of sp³-hybridized carbons (Fsp3) is 0.348. The number of hydrogen-bond donors (Lipinski definition) is 3. The van der Waals surface area contributed by atoms with E-state index < -0.39 is 0 Å². The molecule has 1 aliphatic rings. The maximum atomic E-state index is 12.7. The van der Waals surface area contributed by atoms with Crippen LogP contribution in [0.3, 0.4) is 0 Å². The number of rotatable bonds is 7. The molecule has 1 aliphatic carbocycles. The minimum Gasteiger partial charge on any atom is -0.492 e. The van der Waals surface area contributed by atoms with Gasteiger partial charge in [-0.3, -0.25) is 14.9 Å². The van der Waals surface area contributed by atoms with Crippen molar-refractivity contribution >= 4 is 40.5 Å². The Bertz CT molecular complexity index is 954. The fourth-order valence-electron chi connectivity index (χ4n) is 2.85. The third-order valence-corrected chi connectivity index (χ3v) is 4.92. The van der Waals surface area contributed by atoms with Crippen molar-refractivity contribution in [1.82, 2.24) is 5.32 Å². The first kappa shape index (κ1) is 21.8. The number of nitrogens with one attached hydrogen (secondary N) is 3. The van der Waals surface area contributed by atoms with Crippen molar-refractivity contribution in [2.75, 3.05) is 17.2 Å². The summed E-state index contributed by atoms with van der Waals surface area (Å²) in [6.45, 7) is 6.51. The van der Waals surface area contributed by atoms with Gasteiger partial charge in [-0.1, -0.05) is 32.0 Å². The highest BCUT2D eigenvalue weighted by Gasteiger charge is 2.29. The summed E-state index contributed by atoms with van der Waals surface area (Å²) in [4.78, 5) is 24.8. The van der Waals surface area contributed by atoms with Crippen LogP contribution in [0.1, 0.15) is 42.6 Å². The molecular weight excluding hydrogens is 398 g/mol. The van der Waals surface area contributed by atoms with Crippen molar-refractivity contribution in [2.24, 2.45) is 11.8 Å². The summed E-state index contributed by atoms with van der Waals surface area (Å²) in [5.74, 6) is 0.693. The molecule has 0 saturated heterocycles. The van der Waals surface area contributed by atoms with Crippen molar-refractivity contribution < 1.29 is 14.3 Å². The van der Waals surface area contributed by atoms with Gasteiger partial charge in [0.15, 0.2) is 5.11 Å². The van der Waals surface area contributed by atoms with Crippen LogP contribution in [-0.4, -0.2) is 23.5 Å². The second-order valence-corrected chi connectivity index (χ2v) is 8.26. The van der Waals surface area contributed by atoms with E-state index in [2.05, 4.69) is 16.0 Å². The smallest absolute Gasteiger partial charge is 0.261 e. The molecule has 0 atom stereocenters. The molecule has 3 N–H and O–H groups in total. The highest BCUT2D eigenvalue weighted by atomic mass is 32.1. The summed E-state index contributed by atoms with van der Waals surface area (Å²) in [7, 11) is 0. The molecule has 0 heterocycles. The summed E-state index contributed by atoms with van der Waals surface area (Å²) in [6.07, 6.45) is 1.89. The third kappa shape index (κ3) is 5.79. The Morgan fingerprint density at radius 1 is 1.07 bits per heavy atom. The molecule has 0 spiro atoms. The zero-order valence-electron chi connectivity index (χ0n) is 17.5. The van der Waals surface area contributed by atoms with E-state index in [4.69, 9.17) is 17.0 Å². The maximum absolute atomic E-state index is 12.7. The average Bonchev–Trinajstić information content (AvgIpc) is 3.55. The molecule has 0 bridgehead atoms. The summed E-state index contributed by atoms with van der Waals surface area (Å²) >= 11 is 5.33. The quantitative estimate of drug-likeness (QED) is 0.569. The second-order valence-electron chi connectivity index (χ2n) is 7.85. The van der Waals surface area contributed by atoms with Crippen LogP contribution in [-0.2, 0) is 4.79 Å². The van der Waals surface area contributed by atoms with Gasteiger partial charge in [0, 0.05) is 17.3 Å². The van der Waals surface area contributed by atoms with Gasteiger partial charge >= 0.3 is 0 Å². The van der Waals surface area contributed by atoms with Crippen molar-refractivity contribution in [3.63, 3.8) is 0 Å². The lowest BCUT2D eigenvalue weighted by Crippen LogP contribution is -2.34. The molecule has 6 nitrogen and oxygen atoms in total. The molecule has 2 aromatic rings. The highest BCUT2D eigenvalue weighted by Crippen LogP contribution is 2.31. The van der Waals surface area contributed by atoms with E-state index in [1.54, 1.807) is 18.2 Å². The van der Waals surface area contributed by atoms with Crippen LogP contribution in [0.15, 0.2) is 42.5 Å². The monoisotopic (exact) mass is 425 g/mol. The first-order valence-corrected chi connectivity index (χ1v) is 10.5. The first-order chi connectivity index (χ1) is 14.3. The van der Waals surface area contributed by atoms with Gasteiger partial charge in [0.25, 0.3) is 5.91 Å². The standard InChI is InChI=1S/C23H27N3O3S/c1-14(2)13-29-20-10-5-4-7-17(20)22(28)26-23(30)25-19-9-6-8-18(15(19)3)24-21(27)16-11-12-16/h4-10,14,16H,11-13H2,1-3H3,(H,24,27)(H2,25,26,28,30). The van der Waals surface area contributed by atoms with Gasteiger partial charge < -0.3 is 15.4 Å². The molecule has 1 fully saturated rings. The largest absolute Gasteiger partial charge is 0.492 e. The van der Waals surface area contributed by atoms with E-state index in [9.17, 15) is 9.59 Å². The number of ether oxygens (including phenoxy) is 1. The Morgan fingerprint density at radius 3 is 2.40 bits per heavy atom. The number of thiocarbonyl (C=S) groups is 1. The van der Waals surface area contributed by atoms with E-state index in [1.165, 1.54) is 0 Å². The van der Waals surface area contributed by atoms with Crippen LogP contribution in [0, 0.1) is 18.8 Å². The van der Waals surface area contributed by atoms with Gasteiger partial charge in [0.1, 0.15) is 5.75 Å². The van der Waals surface area contributed by atoms with Crippen LogP contribution < -0.4 is 20.7 Å².